The summed E-state index contributed by atoms with van der Waals surface area (Å²) in [5, 5.41) is 3.14. The fourth-order valence-corrected chi connectivity index (χ4v) is 2.22. The molecule has 1 fully saturated rings. The van der Waals surface area contributed by atoms with E-state index in [9.17, 15) is 0 Å². The van der Waals surface area contributed by atoms with Crippen molar-refractivity contribution in [2.45, 2.75) is 25.4 Å². The Morgan fingerprint density at radius 3 is 3.22 bits per heavy atom. The lowest BCUT2D eigenvalue weighted by Crippen LogP contribution is -2.37. The van der Waals surface area contributed by atoms with Crippen LogP contribution in [0, 0.1) is 0 Å². The molecule has 2 aliphatic heterocycles. The number of nitrogens with zero attached hydrogens (tertiary/aromatic N) is 2. The molecule has 0 radical (unpaired) electrons. The van der Waals surface area contributed by atoms with Gasteiger partial charge in [0.25, 0.3) is 0 Å². The first-order valence-corrected chi connectivity index (χ1v) is 6.76. The van der Waals surface area contributed by atoms with Crippen molar-refractivity contribution in [3.63, 3.8) is 0 Å². The maximum atomic E-state index is 5.84. The molecule has 0 spiro atoms. The Morgan fingerprint density at radius 1 is 1.67 bits per heavy atom. The second kappa shape index (κ2) is 6.75. The third-order valence-electron chi connectivity index (χ3n) is 3.49. The number of ether oxygens (including phenoxy) is 1. The maximum absolute atomic E-state index is 5.84. The van der Waals surface area contributed by atoms with Gasteiger partial charge in [0.1, 0.15) is 0 Å². The van der Waals surface area contributed by atoms with Gasteiger partial charge in [-0.15, -0.1) is 0 Å². The lowest BCUT2D eigenvalue weighted by atomic mass is 10.1. The molecular formula is C13H24N4O. The lowest BCUT2D eigenvalue weighted by Gasteiger charge is -2.21. The molecular weight excluding hydrogens is 228 g/mol. The van der Waals surface area contributed by atoms with Gasteiger partial charge in [-0.2, -0.15) is 0 Å². The van der Waals surface area contributed by atoms with Crippen molar-refractivity contribution in [2.24, 2.45) is 10.7 Å². The van der Waals surface area contributed by atoms with Crippen LogP contribution in [0.3, 0.4) is 0 Å². The van der Waals surface area contributed by atoms with Gasteiger partial charge in [-0.25, -0.2) is 4.99 Å². The molecule has 1 atom stereocenters. The molecule has 1 saturated heterocycles. The van der Waals surface area contributed by atoms with Crippen LogP contribution in [0.15, 0.2) is 16.6 Å². The van der Waals surface area contributed by atoms with Crippen molar-refractivity contribution in [3.05, 3.63) is 11.6 Å². The first-order valence-electron chi connectivity index (χ1n) is 6.76. The van der Waals surface area contributed by atoms with Crippen LogP contribution in [0.2, 0.25) is 0 Å². The van der Waals surface area contributed by atoms with Crippen molar-refractivity contribution in [2.75, 3.05) is 39.8 Å². The summed E-state index contributed by atoms with van der Waals surface area (Å²) in [7, 11) is 2.13. The molecule has 0 amide bonds. The summed E-state index contributed by atoms with van der Waals surface area (Å²) in [6.07, 6.45) is 5.93. The second-order valence-corrected chi connectivity index (χ2v) is 5.09. The van der Waals surface area contributed by atoms with Gasteiger partial charge in [-0.3, -0.25) is 0 Å². The zero-order valence-electron chi connectivity index (χ0n) is 11.2. The third kappa shape index (κ3) is 4.31. The van der Waals surface area contributed by atoms with Gasteiger partial charge in [-0.05, 0) is 26.3 Å². The topological polar surface area (TPSA) is 62.9 Å². The molecule has 102 valence electrons. The Morgan fingerprint density at radius 2 is 2.56 bits per heavy atom. The minimum absolute atomic E-state index is 0.307. The summed E-state index contributed by atoms with van der Waals surface area (Å²) in [5.74, 6) is 0.533. The van der Waals surface area contributed by atoms with Crippen molar-refractivity contribution < 1.29 is 4.74 Å². The Kier molecular flexibility index (Phi) is 5.01. The molecule has 5 nitrogen and oxygen atoms in total. The van der Waals surface area contributed by atoms with Gasteiger partial charge in [0.2, 0.25) is 0 Å². The van der Waals surface area contributed by atoms with Gasteiger partial charge in [0.05, 0.1) is 12.6 Å². The summed E-state index contributed by atoms with van der Waals surface area (Å²) in [6, 6.07) is 0. The minimum Gasteiger partial charge on any atom is -0.376 e. The minimum atomic E-state index is 0.307. The smallest absolute Gasteiger partial charge is 0.188 e. The summed E-state index contributed by atoms with van der Waals surface area (Å²) in [5.41, 5.74) is 7.23. The van der Waals surface area contributed by atoms with E-state index in [1.54, 1.807) is 0 Å². The number of rotatable bonds is 4. The van der Waals surface area contributed by atoms with E-state index >= 15 is 0 Å². The molecule has 0 aromatic carbocycles. The standard InChI is InChI=1S/C13H24N4O/c1-17-6-4-11(5-7-17)9-15-13(14)16-10-12-3-2-8-18-12/h4,12H,2-3,5-10H2,1H3,(H3,14,15,16). The highest BCUT2D eigenvalue weighted by atomic mass is 16.5. The highest BCUT2D eigenvalue weighted by Crippen LogP contribution is 2.11. The average molecular weight is 252 g/mol. The van der Waals surface area contributed by atoms with Crippen LogP contribution in [-0.4, -0.2) is 56.8 Å². The van der Waals surface area contributed by atoms with E-state index in [4.69, 9.17) is 10.5 Å². The molecule has 2 aliphatic rings. The highest BCUT2D eigenvalue weighted by molar-refractivity contribution is 5.77. The van der Waals surface area contributed by atoms with Crippen LogP contribution in [0.1, 0.15) is 19.3 Å². The van der Waals surface area contributed by atoms with Gasteiger partial charge < -0.3 is 20.7 Å². The summed E-state index contributed by atoms with van der Waals surface area (Å²) < 4.78 is 5.52. The number of hydrogen-bond acceptors (Lipinski definition) is 3. The van der Waals surface area contributed by atoms with Crippen molar-refractivity contribution in [1.82, 2.24) is 10.2 Å². The molecule has 1 unspecified atom stereocenters. The van der Waals surface area contributed by atoms with E-state index in [2.05, 4.69) is 28.3 Å². The van der Waals surface area contributed by atoms with Crippen LogP contribution in [0.4, 0.5) is 0 Å². The molecule has 18 heavy (non-hydrogen) atoms. The molecule has 0 bridgehead atoms. The normalized spacial score (nSPS) is 26.2. The lowest BCUT2D eigenvalue weighted by molar-refractivity contribution is 0.114. The fraction of sp³-hybridized carbons (Fsp3) is 0.769. The van der Waals surface area contributed by atoms with Crippen molar-refractivity contribution in [1.29, 1.82) is 0 Å². The van der Waals surface area contributed by atoms with E-state index in [1.165, 1.54) is 5.57 Å². The summed E-state index contributed by atoms with van der Waals surface area (Å²) in [6.45, 7) is 4.51. The van der Waals surface area contributed by atoms with Gasteiger partial charge >= 0.3 is 0 Å². The Labute approximate surface area is 109 Å². The number of hydrogen-bond donors (Lipinski definition) is 2. The Balaban J connectivity index is 1.68. The average Bonchev–Trinajstić information content (AvgIpc) is 2.89. The SMILES string of the molecule is CN1CC=C(CN=C(N)NCC2CCCO2)CC1. The van der Waals surface area contributed by atoms with E-state index in [0.29, 0.717) is 12.1 Å². The predicted octanol–water partition coefficient (Wildman–Crippen LogP) is 0.332. The predicted molar refractivity (Wildman–Crippen MR) is 73.7 cm³/mol. The quantitative estimate of drug-likeness (QED) is 0.430. The number of nitrogens with two attached hydrogens (primary N) is 1. The number of nitrogens with one attached hydrogen (secondary N) is 1. The molecule has 0 aliphatic carbocycles. The van der Waals surface area contributed by atoms with E-state index < -0.39 is 0 Å². The molecule has 0 saturated carbocycles. The van der Waals surface area contributed by atoms with Crippen LogP contribution in [0.25, 0.3) is 0 Å². The van der Waals surface area contributed by atoms with Crippen molar-refractivity contribution in [3.8, 4) is 0 Å². The molecule has 5 heteroatoms. The zero-order chi connectivity index (χ0) is 12.8. The van der Waals surface area contributed by atoms with Crippen LogP contribution < -0.4 is 11.1 Å². The molecule has 0 aromatic rings. The fourth-order valence-electron chi connectivity index (χ4n) is 2.22. The van der Waals surface area contributed by atoms with Gasteiger partial charge in [0.15, 0.2) is 5.96 Å². The third-order valence-corrected chi connectivity index (χ3v) is 3.49. The number of aliphatic imine (C=N–C) groups is 1. The zero-order valence-corrected chi connectivity index (χ0v) is 11.2. The van der Waals surface area contributed by atoms with Crippen LogP contribution in [-0.2, 0) is 4.74 Å². The van der Waals surface area contributed by atoms with E-state index in [1.807, 2.05) is 0 Å². The van der Waals surface area contributed by atoms with Crippen LogP contribution >= 0.6 is 0 Å². The van der Waals surface area contributed by atoms with Crippen molar-refractivity contribution >= 4 is 5.96 Å². The molecule has 0 aromatic heterocycles. The Hall–Kier alpha value is -1.07. The summed E-state index contributed by atoms with van der Waals surface area (Å²) >= 11 is 0. The maximum Gasteiger partial charge on any atom is 0.188 e. The Bertz CT molecular complexity index is 321. The summed E-state index contributed by atoms with van der Waals surface area (Å²) in [4.78, 5) is 6.67. The molecule has 2 heterocycles. The first-order chi connectivity index (χ1) is 8.74. The number of guanidine groups is 1. The van der Waals surface area contributed by atoms with Gasteiger partial charge in [-0.1, -0.05) is 11.6 Å². The highest BCUT2D eigenvalue weighted by Gasteiger charge is 2.15. The van der Waals surface area contributed by atoms with Crippen LogP contribution in [0.5, 0.6) is 0 Å². The first kappa shape index (κ1) is 13.4. The van der Waals surface area contributed by atoms with E-state index in [-0.39, 0.29) is 0 Å². The monoisotopic (exact) mass is 252 g/mol. The number of likely N-dealkylation sites (N-methyl/N-ethyl adjacent to an activating group) is 1. The van der Waals surface area contributed by atoms with E-state index in [0.717, 1.165) is 52.0 Å². The molecule has 2 rings (SSSR count). The molecule has 3 N–H and O–H groups in total. The second-order valence-electron chi connectivity index (χ2n) is 5.09. The van der Waals surface area contributed by atoms with Gasteiger partial charge in [0, 0.05) is 26.2 Å². The largest absolute Gasteiger partial charge is 0.376 e.